The Morgan fingerprint density at radius 1 is 1.15 bits per heavy atom. The predicted molar refractivity (Wildman–Crippen MR) is 111 cm³/mol. The van der Waals surface area contributed by atoms with Crippen molar-refractivity contribution in [1.29, 1.82) is 0 Å². The number of rotatable bonds is 9. The molecule has 1 heterocycles. The number of ether oxygens (including phenoxy) is 1. The summed E-state index contributed by atoms with van der Waals surface area (Å²) in [7, 11) is 1.61. The summed E-state index contributed by atoms with van der Waals surface area (Å²) in [4.78, 5) is 12.8. The number of Topliss-reactive ketones (excluding diaryl/α,β-unsaturated/α-hetero) is 1. The van der Waals surface area contributed by atoms with Crippen LogP contribution in [0.5, 0.6) is 5.75 Å². The fourth-order valence-electron chi connectivity index (χ4n) is 2.49. The summed E-state index contributed by atoms with van der Waals surface area (Å²) in [6, 6.07) is 17.4. The number of hydrogen-bond acceptors (Lipinski definition) is 7. The fraction of sp³-hybridized carbons (Fsp3) is 0.250. The van der Waals surface area contributed by atoms with Crippen molar-refractivity contribution >= 4 is 34.0 Å². The summed E-state index contributed by atoms with van der Waals surface area (Å²) < 4.78 is 5.94. The molecule has 1 aromatic heterocycles. The maximum atomic E-state index is 12.8. The van der Waals surface area contributed by atoms with Gasteiger partial charge in [-0.1, -0.05) is 60.4 Å². The van der Waals surface area contributed by atoms with E-state index in [1.54, 1.807) is 31.4 Å². The summed E-state index contributed by atoms with van der Waals surface area (Å²) in [5.74, 6) is 0.838. The molecule has 0 fully saturated rings. The van der Waals surface area contributed by atoms with Crippen molar-refractivity contribution < 1.29 is 9.53 Å². The number of nitrogens with one attached hydrogen (secondary N) is 1. The van der Waals surface area contributed by atoms with Crippen LogP contribution in [0.4, 0.5) is 5.13 Å². The van der Waals surface area contributed by atoms with Crippen LogP contribution in [0.2, 0.25) is 0 Å². The van der Waals surface area contributed by atoms with Crippen LogP contribution in [0.15, 0.2) is 58.9 Å². The minimum atomic E-state index is -0.187. The summed E-state index contributed by atoms with van der Waals surface area (Å²) in [6.07, 6.45) is 0.724. The highest BCUT2D eigenvalue weighted by atomic mass is 32.2. The molecule has 1 unspecified atom stereocenters. The number of aromatic nitrogens is 2. The molecule has 7 heteroatoms. The predicted octanol–water partition coefficient (Wildman–Crippen LogP) is 4.91. The molecule has 0 amide bonds. The van der Waals surface area contributed by atoms with Gasteiger partial charge in [-0.3, -0.25) is 4.79 Å². The van der Waals surface area contributed by atoms with E-state index in [-0.39, 0.29) is 11.0 Å². The van der Waals surface area contributed by atoms with Gasteiger partial charge in [0.2, 0.25) is 5.13 Å². The van der Waals surface area contributed by atoms with Gasteiger partial charge in [0.05, 0.1) is 12.4 Å². The van der Waals surface area contributed by atoms with E-state index >= 15 is 0 Å². The molecule has 0 spiro atoms. The highest BCUT2D eigenvalue weighted by Crippen LogP contribution is 2.32. The SMILES string of the molecule is CCC(Sc1nnc(NCc2ccccc2)s1)C(=O)c1ccc(OC)cc1. The minimum absolute atomic E-state index is 0.0964. The average Bonchev–Trinajstić information content (AvgIpc) is 3.18. The van der Waals surface area contributed by atoms with Gasteiger partial charge in [0, 0.05) is 12.1 Å². The number of carbonyl (C=O) groups is 1. The molecule has 5 nitrogen and oxygen atoms in total. The number of nitrogens with zero attached hydrogens (tertiary/aromatic N) is 2. The van der Waals surface area contributed by atoms with Gasteiger partial charge in [0.1, 0.15) is 5.75 Å². The average molecular weight is 400 g/mol. The maximum absolute atomic E-state index is 12.8. The second-order valence-electron chi connectivity index (χ2n) is 5.82. The van der Waals surface area contributed by atoms with Gasteiger partial charge in [0.25, 0.3) is 0 Å². The summed E-state index contributed by atoms with van der Waals surface area (Å²) in [5, 5.41) is 12.2. The molecule has 27 heavy (non-hydrogen) atoms. The van der Waals surface area contributed by atoms with Crippen molar-refractivity contribution in [3.8, 4) is 5.75 Å². The van der Waals surface area contributed by atoms with E-state index in [0.717, 1.165) is 21.6 Å². The highest BCUT2D eigenvalue weighted by Gasteiger charge is 2.21. The Labute approximate surface area is 167 Å². The van der Waals surface area contributed by atoms with Crippen LogP contribution in [0, 0.1) is 0 Å². The van der Waals surface area contributed by atoms with E-state index in [4.69, 9.17) is 4.74 Å². The van der Waals surface area contributed by atoms with E-state index in [1.165, 1.54) is 28.7 Å². The van der Waals surface area contributed by atoms with E-state index < -0.39 is 0 Å². The van der Waals surface area contributed by atoms with Gasteiger partial charge in [-0.05, 0) is 36.2 Å². The molecule has 3 rings (SSSR count). The number of ketones is 1. The van der Waals surface area contributed by atoms with Gasteiger partial charge >= 0.3 is 0 Å². The Balaban J connectivity index is 1.60. The van der Waals surface area contributed by atoms with Crippen LogP contribution in [-0.2, 0) is 6.54 Å². The number of hydrogen-bond donors (Lipinski definition) is 1. The lowest BCUT2D eigenvalue weighted by Crippen LogP contribution is -2.16. The number of carbonyl (C=O) groups excluding carboxylic acids is 1. The van der Waals surface area contributed by atoms with Crippen molar-refractivity contribution in [2.24, 2.45) is 0 Å². The molecule has 0 bridgehead atoms. The minimum Gasteiger partial charge on any atom is -0.497 e. The van der Waals surface area contributed by atoms with Gasteiger partial charge in [-0.15, -0.1) is 10.2 Å². The fourth-order valence-corrected chi connectivity index (χ4v) is 4.48. The topological polar surface area (TPSA) is 64.1 Å². The summed E-state index contributed by atoms with van der Waals surface area (Å²) >= 11 is 2.94. The summed E-state index contributed by atoms with van der Waals surface area (Å²) in [6.45, 7) is 2.71. The lowest BCUT2D eigenvalue weighted by molar-refractivity contribution is 0.0988. The Hall–Kier alpha value is -2.38. The van der Waals surface area contributed by atoms with Crippen molar-refractivity contribution in [3.63, 3.8) is 0 Å². The van der Waals surface area contributed by atoms with Crippen LogP contribution in [0.3, 0.4) is 0 Å². The first kappa shape index (κ1) is 19.4. The van der Waals surface area contributed by atoms with E-state index in [1.807, 2.05) is 25.1 Å². The third-order valence-electron chi connectivity index (χ3n) is 3.97. The zero-order chi connectivity index (χ0) is 19.1. The van der Waals surface area contributed by atoms with Crippen molar-refractivity contribution in [1.82, 2.24) is 10.2 Å². The van der Waals surface area contributed by atoms with Crippen LogP contribution < -0.4 is 10.1 Å². The largest absolute Gasteiger partial charge is 0.497 e. The van der Waals surface area contributed by atoms with Crippen molar-refractivity contribution in [2.45, 2.75) is 29.5 Å². The van der Waals surface area contributed by atoms with E-state index in [2.05, 4.69) is 27.6 Å². The molecule has 0 aliphatic rings. The first-order valence-corrected chi connectivity index (χ1v) is 10.4. The third-order valence-corrected chi connectivity index (χ3v) is 6.30. The second kappa shape index (κ2) is 9.53. The second-order valence-corrected chi connectivity index (χ2v) is 8.25. The van der Waals surface area contributed by atoms with Gasteiger partial charge in [0.15, 0.2) is 10.1 Å². The van der Waals surface area contributed by atoms with Crippen LogP contribution in [0.25, 0.3) is 0 Å². The molecule has 0 aliphatic heterocycles. The molecule has 2 aromatic carbocycles. The smallest absolute Gasteiger partial charge is 0.206 e. The summed E-state index contributed by atoms with van der Waals surface area (Å²) in [5.41, 5.74) is 1.87. The Morgan fingerprint density at radius 2 is 1.89 bits per heavy atom. The lowest BCUT2D eigenvalue weighted by atomic mass is 10.1. The first-order chi connectivity index (χ1) is 13.2. The Morgan fingerprint density at radius 3 is 2.56 bits per heavy atom. The molecule has 0 aliphatic carbocycles. The van der Waals surface area contributed by atoms with E-state index in [9.17, 15) is 4.79 Å². The molecule has 1 atom stereocenters. The zero-order valence-corrected chi connectivity index (χ0v) is 16.8. The normalized spacial score (nSPS) is 11.8. The van der Waals surface area contributed by atoms with Gasteiger partial charge in [-0.2, -0.15) is 0 Å². The number of benzene rings is 2. The quantitative estimate of drug-likeness (QED) is 0.407. The van der Waals surface area contributed by atoms with Crippen molar-refractivity contribution in [3.05, 3.63) is 65.7 Å². The monoisotopic (exact) mass is 399 g/mol. The highest BCUT2D eigenvalue weighted by molar-refractivity contribution is 8.02. The van der Waals surface area contributed by atoms with Gasteiger partial charge in [-0.25, -0.2) is 0 Å². The molecular formula is C20H21N3O2S2. The van der Waals surface area contributed by atoms with Crippen molar-refractivity contribution in [2.75, 3.05) is 12.4 Å². The maximum Gasteiger partial charge on any atom is 0.206 e. The van der Waals surface area contributed by atoms with Gasteiger partial charge < -0.3 is 10.1 Å². The number of anilines is 1. The number of thioether (sulfide) groups is 1. The molecule has 0 radical (unpaired) electrons. The zero-order valence-electron chi connectivity index (χ0n) is 15.2. The lowest BCUT2D eigenvalue weighted by Gasteiger charge is -2.11. The molecule has 1 N–H and O–H groups in total. The first-order valence-electron chi connectivity index (χ1n) is 8.65. The Bertz CT molecular complexity index is 866. The standard InChI is InChI=1S/C20H21N3O2S2/c1-3-17(18(24)15-9-11-16(25-2)12-10-15)26-20-23-22-19(27-20)21-13-14-7-5-4-6-8-14/h4-12,17H,3,13H2,1-2H3,(H,21,22). The molecular weight excluding hydrogens is 378 g/mol. The molecule has 3 aromatic rings. The van der Waals surface area contributed by atoms with Crippen LogP contribution >= 0.6 is 23.1 Å². The molecule has 140 valence electrons. The van der Waals surface area contributed by atoms with E-state index in [0.29, 0.717) is 12.1 Å². The third kappa shape index (κ3) is 5.30. The number of methoxy groups -OCH3 is 1. The molecule has 0 saturated carbocycles. The Kier molecular flexibility index (Phi) is 6.84. The van der Waals surface area contributed by atoms with Crippen LogP contribution in [0.1, 0.15) is 29.3 Å². The van der Waals surface area contributed by atoms with Crippen LogP contribution in [-0.4, -0.2) is 28.3 Å². The molecule has 0 saturated heterocycles.